The number of amides is 1. The average Bonchev–Trinajstić information content (AvgIpc) is 2.72. The van der Waals surface area contributed by atoms with Gasteiger partial charge in [-0.3, -0.25) is 4.79 Å². The van der Waals surface area contributed by atoms with Crippen molar-refractivity contribution in [2.75, 3.05) is 30.4 Å². The van der Waals surface area contributed by atoms with Crippen LogP contribution in [-0.2, 0) is 0 Å². The second-order valence-electron chi connectivity index (χ2n) is 5.94. The summed E-state index contributed by atoms with van der Waals surface area (Å²) < 4.78 is 0. The van der Waals surface area contributed by atoms with Gasteiger partial charge in [0.05, 0.1) is 5.69 Å². The highest BCUT2D eigenvalue weighted by molar-refractivity contribution is 8.00. The van der Waals surface area contributed by atoms with Crippen LogP contribution in [0.1, 0.15) is 23.7 Å². The van der Waals surface area contributed by atoms with Crippen LogP contribution < -0.4 is 9.80 Å². The Labute approximate surface area is 141 Å². The van der Waals surface area contributed by atoms with Gasteiger partial charge in [0, 0.05) is 42.5 Å². The number of hydrogen-bond donors (Lipinski definition) is 0. The first-order chi connectivity index (χ1) is 11.1. The van der Waals surface area contributed by atoms with Gasteiger partial charge in [-0.1, -0.05) is 19.1 Å². The van der Waals surface area contributed by atoms with Crippen molar-refractivity contribution in [1.82, 2.24) is 4.98 Å². The van der Waals surface area contributed by atoms with Crippen LogP contribution in [0.3, 0.4) is 0 Å². The zero-order valence-electron chi connectivity index (χ0n) is 13.7. The highest BCUT2D eigenvalue weighted by atomic mass is 32.2. The maximum absolute atomic E-state index is 13.1. The third-order valence-electron chi connectivity index (χ3n) is 3.94. The third kappa shape index (κ3) is 3.34. The molecule has 4 nitrogen and oxygen atoms in total. The van der Waals surface area contributed by atoms with Gasteiger partial charge < -0.3 is 9.80 Å². The summed E-state index contributed by atoms with van der Waals surface area (Å²) >= 11 is 1.84. The largest absolute Gasteiger partial charge is 0.363 e. The molecule has 0 bridgehead atoms. The van der Waals surface area contributed by atoms with E-state index in [1.807, 2.05) is 59.9 Å². The number of nitrogens with zero attached hydrogens (tertiary/aromatic N) is 3. The van der Waals surface area contributed by atoms with Gasteiger partial charge in [-0.25, -0.2) is 4.98 Å². The number of rotatable bonds is 2. The molecule has 5 heteroatoms. The van der Waals surface area contributed by atoms with Crippen molar-refractivity contribution < 1.29 is 4.79 Å². The molecule has 23 heavy (non-hydrogen) atoms. The van der Waals surface area contributed by atoms with Crippen LogP contribution in [0.2, 0.25) is 0 Å². The number of para-hydroxylation sites is 1. The summed E-state index contributed by atoms with van der Waals surface area (Å²) in [5.74, 6) is 0.833. The summed E-state index contributed by atoms with van der Waals surface area (Å²) in [4.78, 5) is 22.3. The minimum absolute atomic E-state index is 0.0395. The molecule has 0 spiro atoms. The molecular formula is C18H21N3OS. The highest BCUT2D eigenvalue weighted by Crippen LogP contribution is 2.37. The molecule has 3 rings (SSSR count). The Hall–Kier alpha value is -2.01. The van der Waals surface area contributed by atoms with Crippen molar-refractivity contribution in [3.63, 3.8) is 0 Å². The second-order valence-corrected chi connectivity index (χ2v) is 7.42. The lowest BCUT2D eigenvalue weighted by Crippen LogP contribution is -2.32. The summed E-state index contributed by atoms with van der Waals surface area (Å²) in [5.41, 5.74) is 1.69. The van der Waals surface area contributed by atoms with Crippen LogP contribution >= 0.6 is 11.8 Å². The number of benzene rings is 1. The fraction of sp³-hybridized carbons (Fsp3) is 0.333. The molecule has 1 amide bonds. The molecule has 2 aromatic rings. The fourth-order valence-corrected chi connectivity index (χ4v) is 3.76. The van der Waals surface area contributed by atoms with Crippen molar-refractivity contribution >= 4 is 29.2 Å². The molecule has 1 aromatic heterocycles. The quantitative estimate of drug-likeness (QED) is 0.843. The van der Waals surface area contributed by atoms with Gasteiger partial charge >= 0.3 is 0 Å². The SMILES string of the molecule is CC1CCN(C(=O)c2ccnc(N(C)C)c2)c2ccccc2S1. The summed E-state index contributed by atoms with van der Waals surface area (Å²) in [6.07, 6.45) is 2.68. The van der Waals surface area contributed by atoms with E-state index in [0.29, 0.717) is 10.8 Å². The van der Waals surface area contributed by atoms with Crippen LogP contribution in [0.15, 0.2) is 47.5 Å². The van der Waals surface area contributed by atoms with Crippen LogP contribution in [-0.4, -0.2) is 36.8 Å². The first-order valence-electron chi connectivity index (χ1n) is 7.77. The number of fused-ring (bicyclic) bond motifs is 1. The number of anilines is 2. The Morgan fingerprint density at radius 1 is 1.30 bits per heavy atom. The maximum Gasteiger partial charge on any atom is 0.258 e. The average molecular weight is 327 g/mol. The molecule has 2 heterocycles. The first kappa shape index (κ1) is 15.9. The Kier molecular flexibility index (Phi) is 4.57. The van der Waals surface area contributed by atoms with E-state index in [0.717, 1.165) is 24.5 Å². The monoisotopic (exact) mass is 327 g/mol. The van der Waals surface area contributed by atoms with Crippen LogP contribution in [0.25, 0.3) is 0 Å². The number of carbonyl (C=O) groups is 1. The Morgan fingerprint density at radius 3 is 2.87 bits per heavy atom. The standard InChI is InChI=1S/C18H21N3OS/c1-13-9-11-21(15-6-4-5-7-16(15)23-13)18(22)14-8-10-19-17(12-14)20(2)3/h4-8,10,12-13H,9,11H2,1-3H3. The molecule has 1 aromatic carbocycles. The van der Waals surface area contributed by atoms with E-state index < -0.39 is 0 Å². The molecule has 0 fully saturated rings. The molecule has 0 aliphatic carbocycles. The Morgan fingerprint density at radius 2 is 2.09 bits per heavy atom. The number of carbonyl (C=O) groups excluding carboxylic acids is 1. The molecule has 1 aliphatic heterocycles. The molecule has 1 aliphatic rings. The summed E-state index contributed by atoms with van der Waals surface area (Å²) in [6, 6.07) is 11.8. The summed E-state index contributed by atoms with van der Waals surface area (Å²) in [6.45, 7) is 2.95. The number of thioether (sulfide) groups is 1. The summed E-state index contributed by atoms with van der Waals surface area (Å²) in [7, 11) is 3.85. The van der Waals surface area contributed by atoms with Crippen LogP contribution in [0, 0.1) is 0 Å². The molecule has 0 radical (unpaired) electrons. The van der Waals surface area contributed by atoms with Crippen molar-refractivity contribution in [1.29, 1.82) is 0 Å². The number of pyridine rings is 1. The zero-order chi connectivity index (χ0) is 16.4. The molecule has 0 saturated heterocycles. The first-order valence-corrected chi connectivity index (χ1v) is 8.65. The van der Waals surface area contributed by atoms with Gasteiger partial charge in [-0.05, 0) is 30.7 Å². The van der Waals surface area contributed by atoms with Crippen molar-refractivity contribution in [3.8, 4) is 0 Å². The third-order valence-corrected chi connectivity index (χ3v) is 5.18. The lowest BCUT2D eigenvalue weighted by Gasteiger charge is -2.23. The van der Waals surface area contributed by atoms with E-state index in [1.54, 1.807) is 12.3 Å². The summed E-state index contributed by atoms with van der Waals surface area (Å²) in [5, 5.41) is 0.503. The molecule has 0 N–H and O–H groups in total. The fourth-order valence-electron chi connectivity index (χ4n) is 2.65. The van der Waals surface area contributed by atoms with Gasteiger partial charge in [0.1, 0.15) is 5.82 Å². The van der Waals surface area contributed by atoms with Gasteiger partial charge in [-0.15, -0.1) is 11.8 Å². The predicted octanol–water partition coefficient (Wildman–Crippen LogP) is 3.68. The number of aromatic nitrogens is 1. The molecular weight excluding hydrogens is 306 g/mol. The van der Waals surface area contributed by atoms with E-state index >= 15 is 0 Å². The molecule has 120 valence electrons. The molecule has 0 saturated carbocycles. The lowest BCUT2D eigenvalue weighted by molar-refractivity contribution is 0.0986. The van der Waals surface area contributed by atoms with Gasteiger partial charge in [0.2, 0.25) is 0 Å². The Balaban J connectivity index is 1.97. The van der Waals surface area contributed by atoms with Crippen molar-refractivity contribution in [2.45, 2.75) is 23.5 Å². The predicted molar refractivity (Wildman–Crippen MR) is 96.6 cm³/mol. The van der Waals surface area contributed by atoms with Crippen LogP contribution in [0.5, 0.6) is 0 Å². The lowest BCUT2D eigenvalue weighted by atomic mass is 10.2. The van der Waals surface area contributed by atoms with Crippen LogP contribution in [0.4, 0.5) is 11.5 Å². The smallest absolute Gasteiger partial charge is 0.258 e. The van der Waals surface area contributed by atoms with Crippen molar-refractivity contribution in [2.24, 2.45) is 0 Å². The van der Waals surface area contributed by atoms with E-state index in [9.17, 15) is 4.79 Å². The van der Waals surface area contributed by atoms with Gasteiger partial charge in [0.15, 0.2) is 0 Å². The van der Waals surface area contributed by atoms with Gasteiger partial charge in [0.25, 0.3) is 5.91 Å². The molecule has 1 atom stereocenters. The maximum atomic E-state index is 13.1. The van der Waals surface area contributed by atoms with E-state index in [2.05, 4.69) is 18.0 Å². The minimum Gasteiger partial charge on any atom is -0.363 e. The zero-order valence-corrected chi connectivity index (χ0v) is 14.5. The number of hydrogen-bond acceptors (Lipinski definition) is 4. The van der Waals surface area contributed by atoms with E-state index in [4.69, 9.17) is 0 Å². The van der Waals surface area contributed by atoms with Gasteiger partial charge in [-0.2, -0.15) is 0 Å². The van der Waals surface area contributed by atoms with Crippen molar-refractivity contribution in [3.05, 3.63) is 48.2 Å². The second kappa shape index (κ2) is 6.62. The highest BCUT2D eigenvalue weighted by Gasteiger charge is 2.25. The normalized spacial score (nSPS) is 17.3. The molecule has 1 unspecified atom stereocenters. The minimum atomic E-state index is 0.0395. The van der Waals surface area contributed by atoms with E-state index in [-0.39, 0.29) is 5.91 Å². The Bertz CT molecular complexity index is 717. The van der Waals surface area contributed by atoms with E-state index in [1.165, 1.54) is 4.90 Å². The topological polar surface area (TPSA) is 36.4 Å².